The Morgan fingerprint density at radius 3 is 2.57 bits per heavy atom. The fraction of sp³-hybridized carbons (Fsp3) is 0.278. The Labute approximate surface area is 141 Å². The van der Waals surface area contributed by atoms with Gasteiger partial charge in [-0.3, -0.25) is 5.01 Å². The van der Waals surface area contributed by atoms with Crippen LogP contribution in [0.15, 0.2) is 53.6 Å². The van der Waals surface area contributed by atoms with E-state index in [1.165, 1.54) is 0 Å². The molecule has 5 heteroatoms. The van der Waals surface area contributed by atoms with Crippen LogP contribution in [0.1, 0.15) is 5.56 Å². The third-order valence-corrected chi connectivity index (χ3v) is 4.14. The number of benzene rings is 2. The number of ether oxygens (including phenoxy) is 1. The van der Waals surface area contributed by atoms with E-state index in [0.717, 1.165) is 48.2 Å². The molecule has 1 heterocycles. The molecule has 4 nitrogen and oxygen atoms in total. The third kappa shape index (κ3) is 3.96. The van der Waals surface area contributed by atoms with Gasteiger partial charge in [-0.25, -0.2) is 0 Å². The lowest BCUT2D eigenvalue weighted by Gasteiger charge is -2.35. The van der Waals surface area contributed by atoms with Crippen molar-refractivity contribution in [1.82, 2.24) is 5.01 Å². The summed E-state index contributed by atoms with van der Waals surface area (Å²) < 4.78 is 5.44. The van der Waals surface area contributed by atoms with Crippen LogP contribution in [0.4, 0.5) is 5.69 Å². The number of nitrogens with zero attached hydrogens (tertiary/aromatic N) is 3. The SMILES string of the molecule is COc1ccccc1N1CCN(/N=C/c2cccc(Cl)c2)CC1. The van der Waals surface area contributed by atoms with E-state index < -0.39 is 0 Å². The Bertz CT molecular complexity index is 681. The zero-order valence-corrected chi connectivity index (χ0v) is 13.9. The maximum absolute atomic E-state index is 5.99. The summed E-state index contributed by atoms with van der Waals surface area (Å²) in [5.41, 5.74) is 2.16. The average Bonchev–Trinajstić information content (AvgIpc) is 2.60. The lowest BCUT2D eigenvalue weighted by molar-refractivity contribution is 0.271. The van der Waals surface area contributed by atoms with Crippen LogP contribution in [0, 0.1) is 0 Å². The fourth-order valence-corrected chi connectivity index (χ4v) is 2.88. The highest BCUT2D eigenvalue weighted by Gasteiger charge is 2.18. The van der Waals surface area contributed by atoms with E-state index in [4.69, 9.17) is 16.3 Å². The Balaban J connectivity index is 1.60. The van der Waals surface area contributed by atoms with Crippen LogP contribution in [0.2, 0.25) is 5.02 Å². The lowest BCUT2D eigenvalue weighted by Crippen LogP contribution is -2.44. The van der Waals surface area contributed by atoms with Crippen molar-refractivity contribution in [2.75, 3.05) is 38.2 Å². The van der Waals surface area contributed by atoms with Crippen LogP contribution in [0.3, 0.4) is 0 Å². The van der Waals surface area contributed by atoms with Crippen molar-refractivity contribution in [2.24, 2.45) is 5.10 Å². The van der Waals surface area contributed by atoms with Crippen molar-refractivity contribution >= 4 is 23.5 Å². The van der Waals surface area contributed by atoms with Gasteiger partial charge in [-0.2, -0.15) is 5.10 Å². The molecule has 0 aromatic heterocycles. The number of hydrogen-bond donors (Lipinski definition) is 0. The summed E-state index contributed by atoms with van der Waals surface area (Å²) in [6, 6.07) is 15.9. The third-order valence-electron chi connectivity index (χ3n) is 3.90. The van der Waals surface area contributed by atoms with Crippen LogP contribution >= 0.6 is 11.6 Å². The van der Waals surface area contributed by atoms with Gasteiger partial charge in [0, 0.05) is 18.1 Å². The molecular formula is C18H20ClN3O. The number of anilines is 1. The minimum atomic E-state index is 0.731. The number of hydrazone groups is 1. The van der Waals surface area contributed by atoms with Gasteiger partial charge in [-0.1, -0.05) is 35.9 Å². The van der Waals surface area contributed by atoms with Gasteiger partial charge in [0.05, 0.1) is 32.1 Å². The van der Waals surface area contributed by atoms with Gasteiger partial charge in [-0.05, 0) is 29.8 Å². The number of piperazine rings is 1. The van der Waals surface area contributed by atoms with Crippen LogP contribution in [0.5, 0.6) is 5.75 Å². The molecule has 0 saturated carbocycles. The quantitative estimate of drug-likeness (QED) is 0.804. The Hall–Kier alpha value is -2.20. The number of para-hydroxylation sites is 2. The molecule has 0 bridgehead atoms. The second-order valence-corrected chi connectivity index (χ2v) is 5.85. The first kappa shape index (κ1) is 15.7. The first-order valence-corrected chi connectivity index (χ1v) is 8.06. The Morgan fingerprint density at radius 2 is 1.83 bits per heavy atom. The largest absolute Gasteiger partial charge is 0.495 e. The van der Waals surface area contributed by atoms with E-state index in [0.29, 0.717) is 0 Å². The highest BCUT2D eigenvalue weighted by molar-refractivity contribution is 6.30. The number of rotatable bonds is 4. The predicted molar refractivity (Wildman–Crippen MR) is 95.8 cm³/mol. The van der Waals surface area contributed by atoms with E-state index in [2.05, 4.69) is 21.1 Å². The molecule has 2 aromatic carbocycles. The van der Waals surface area contributed by atoms with E-state index in [9.17, 15) is 0 Å². The van der Waals surface area contributed by atoms with Crippen LogP contribution in [-0.4, -0.2) is 44.5 Å². The minimum Gasteiger partial charge on any atom is -0.495 e. The highest BCUT2D eigenvalue weighted by Crippen LogP contribution is 2.28. The van der Waals surface area contributed by atoms with Gasteiger partial charge >= 0.3 is 0 Å². The lowest BCUT2D eigenvalue weighted by atomic mass is 10.2. The van der Waals surface area contributed by atoms with Crippen molar-refractivity contribution in [3.05, 3.63) is 59.1 Å². The van der Waals surface area contributed by atoms with Crippen molar-refractivity contribution in [2.45, 2.75) is 0 Å². The van der Waals surface area contributed by atoms with E-state index in [-0.39, 0.29) is 0 Å². The van der Waals surface area contributed by atoms with Gasteiger partial charge in [0.25, 0.3) is 0 Å². The van der Waals surface area contributed by atoms with Crippen LogP contribution in [0.25, 0.3) is 0 Å². The van der Waals surface area contributed by atoms with E-state index in [1.54, 1.807) is 7.11 Å². The van der Waals surface area contributed by atoms with Gasteiger partial charge in [0.1, 0.15) is 5.75 Å². The molecule has 1 aliphatic heterocycles. The second kappa shape index (κ2) is 7.38. The molecule has 0 atom stereocenters. The Kier molecular flexibility index (Phi) is 5.03. The standard InChI is InChI=1S/C18H20ClN3O/c1-23-18-8-3-2-7-17(18)21-9-11-22(12-10-21)20-14-15-5-4-6-16(19)13-15/h2-8,13-14H,9-12H2,1H3/b20-14+. The van der Waals surface area contributed by atoms with E-state index >= 15 is 0 Å². The van der Waals surface area contributed by atoms with Crippen molar-refractivity contribution in [3.8, 4) is 5.75 Å². The maximum Gasteiger partial charge on any atom is 0.142 e. The normalized spacial score (nSPS) is 15.2. The molecule has 2 aromatic rings. The zero-order valence-electron chi connectivity index (χ0n) is 13.2. The summed E-state index contributed by atoms with van der Waals surface area (Å²) in [5.74, 6) is 0.920. The number of halogens is 1. The second-order valence-electron chi connectivity index (χ2n) is 5.41. The van der Waals surface area contributed by atoms with Crippen molar-refractivity contribution in [3.63, 3.8) is 0 Å². The maximum atomic E-state index is 5.99. The topological polar surface area (TPSA) is 28.1 Å². The highest BCUT2D eigenvalue weighted by atomic mass is 35.5. The van der Waals surface area contributed by atoms with Crippen LogP contribution in [-0.2, 0) is 0 Å². The molecule has 0 spiro atoms. The molecule has 1 aliphatic rings. The molecule has 0 unspecified atom stereocenters. The van der Waals surface area contributed by atoms with Crippen molar-refractivity contribution < 1.29 is 4.74 Å². The van der Waals surface area contributed by atoms with Gasteiger partial charge in [0.15, 0.2) is 0 Å². The minimum absolute atomic E-state index is 0.731. The van der Waals surface area contributed by atoms with Gasteiger partial charge in [-0.15, -0.1) is 0 Å². The van der Waals surface area contributed by atoms with Gasteiger partial charge < -0.3 is 9.64 Å². The number of methoxy groups -OCH3 is 1. The first-order chi connectivity index (χ1) is 11.3. The number of hydrogen-bond acceptors (Lipinski definition) is 4. The summed E-state index contributed by atoms with van der Waals surface area (Å²) >= 11 is 5.99. The van der Waals surface area contributed by atoms with Gasteiger partial charge in [0.2, 0.25) is 0 Å². The molecular weight excluding hydrogens is 310 g/mol. The molecule has 23 heavy (non-hydrogen) atoms. The summed E-state index contributed by atoms with van der Waals surface area (Å²) in [4.78, 5) is 2.34. The molecule has 0 radical (unpaired) electrons. The van der Waals surface area contributed by atoms with Crippen LogP contribution < -0.4 is 9.64 Å². The van der Waals surface area contributed by atoms with E-state index in [1.807, 2.05) is 48.7 Å². The molecule has 0 N–H and O–H groups in total. The molecule has 1 saturated heterocycles. The summed E-state index contributed by atoms with van der Waals surface area (Å²) in [6.45, 7) is 3.62. The molecule has 120 valence electrons. The smallest absolute Gasteiger partial charge is 0.142 e. The summed E-state index contributed by atoms with van der Waals surface area (Å²) in [6.07, 6.45) is 1.87. The fourth-order valence-electron chi connectivity index (χ4n) is 2.68. The predicted octanol–water partition coefficient (Wildman–Crippen LogP) is 3.50. The molecule has 0 amide bonds. The summed E-state index contributed by atoms with van der Waals surface area (Å²) in [7, 11) is 1.71. The first-order valence-electron chi connectivity index (χ1n) is 7.69. The zero-order chi connectivity index (χ0) is 16.1. The average molecular weight is 330 g/mol. The molecule has 3 rings (SSSR count). The molecule has 1 fully saturated rings. The van der Waals surface area contributed by atoms with Crippen molar-refractivity contribution in [1.29, 1.82) is 0 Å². The molecule has 0 aliphatic carbocycles. The summed E-state index contributed by atoms with van der Waals surface area (Å²) in [5, 5.41) is 7.38. The Morgan fingerprint density at radius 1 is 1.04 bits per heavy atom. The monoisotopic (exact) mass is 329 g/mol.